The number of hydrogen-bond donors (Lipinski definition) is 1. The lowest BCUT2D eigenvalue weighted by Crippen LogP contribution is -2.47. The second-order valence-corrected chi connectivity index (χ2v) is 7.36. The summed E-state index contributed by atoms with van der Waals surface area (Å²) in [5.74, 6) is -0.563. The first-order valence-electron chi connectivity index (χ1n) is 10.5. The van der Waals surface area contributed by atoms with Gasteiger partial charge >= 0.3 is 0 Å². The molecule has 0 heterocycles. The standard InChI is InChI=1S/C21H41NO3/c1-4-7-10-11-14-20(23)19-22(16-12-8-5-2,17-13-9-6-3)18-15-21(24)25/h19H,4-18H2,1-3H3,(H-,23,24,25)/b20-19-. The van der Waals surface area contributed by atoms with Crippen LogP contribution in [0.3, 0.4) is 0 Å². The van der Waals surface area contributed by atoms with E-state index in [0.717, 1.165) is 64.5 Å². The average molecular weight is 356 g/mol. The molecule has 4 nitrogen and oxygen atoms in total. The zero-order chi connectivity index (χ0) is 19.0. The number of carboxylic acid groups (broad SMARTS) is 1. The largest absolute Gasteiger partial charge is 0.550 e. The molecular formula is C21H41NO3. The summed E-state index contributed by atoms with van der Waals surface area (Å²) in [4.78, 5) is 11.0. The number of aliphatic carboxylic acids is 1. The van der Waals surface area contributed by atoms with Gasteiger partial charge in [0, 0.05) is 18.8 Å². The van der Waals surface area contributed by atoms with Crippen molar-refractivity contribution in [1.29, 1.82) is 0 Å². The van der Waals surface area contributed by atoms with E-state index in [4.69, 9.17) is 0 Å². The van der Waals surface area contributed by atoms with Crippen molar-refractivity contribution in [2.75, 3.05) is 19.6 Å². The van der Waals surface area contributed by atoms with Crippen molar-refractivity contribution in [1.82, 2.24) is 0 Å². The summed E-state index contributed by atoms with van der Waals surface area (Å²) in [7, 11) is 0. The molecule has 0 bridgehead atoms. The summed E-state index contributed by atoms with van der Waals surface area (Å²) in [6.07, 6.45) is 13.9. The van der Waals surface area contributed by atoms with Gasteiger partial charge in [-0.1, -0.05) is 52.9 Å². The van der Waals surface area contributed by atoms with E-state index in [0.29, 0.717) is 23.2 Å². The number of carbonyl (C=O) groups is 1. The van der Waals surface area contributed by atoms with Gasteiger partial charge in [-0.15, -0.1) is 0 Å². The summed E-state index contributed by atoms with van der Waals surface area (Å²) in [6, 6.07) is 0. The highest BCUT2D eigenvalue weighted by Crippen LogP contribution is 2.19. The Balaban J connectivity index is 5.04. The molecule has 0 rings (SSSR count). The second kappa shape index (κ2) is 15.2. The molecular weight excluding hydrogens is 314 g/mol. The fraction of sp³-hybridized carbons (Fsp3) is 0.857. The van der Waals surface area contributed by atoms with Crippen molar-refractivity contribution in [2.45, 2.75) is 97.8 Å². The minimum Gasteiger partial charge on any atom is -0.550 e. The van der Waals surface area contributed by atoms with Crippen LogP contribution in [0.25, 0.3) is 0 Å². The highest BCUT2D eigenvalue weighted by Gasteiger charge is 2.25. The van der Waals surface area contributed by atoms with E-state index in [-0.39, 0.29) is 6.42 Å². The van der Waals surface area contributed by atoms with E-state index in [9.17, 15) is 15.0 Å². The molecule has 0 aromatic carbocycles. The lowest BCUT2D eigenvalue weighted by atomic mass is 10.1. The zero-order valence-electron chi connectivity index (χ0n) is 16.9. The van der Waals surface area contributed by atoms with E-state index >= 15 is 0 Å². The zero-order valence-corrected chi connectivity index (χ0v) is 16.9. The first kappa shape index (κ1) is 24.0. The molecule has 0 aliphatic rings. The molecule has 0 aliphatic heterocycles. The summed E-state index contributed by atoms with van der Waals surface area (Å²) in [6.45, 7) is 8.86. The van der Waals surface area contributed by atoms with Crippen LogP contribution in [-0.4, -0.2) is 35.2 Å². The van der Waals surface area contributed by atoms with Gasteiger partial charge in [0.2, 0.25) is 0 Å². The minimum atomic E-state index is -0.996. The van der Waals surface area contributed by atoms with Crippen LogP contribution in [0.15, 0.2) is 12.0 Å². The van der Waals surface area contributed by atoms with Gasteiger partial charge in [-0.05, 0) is 32.1 Å². The topological polar surface area (TPSA) is 60.4 Å². The fourth-order valence-corrected chi connectivity index (χ4v) is 3.31. The van der Waals surface area contributed by atoms with E-state index < -0.39 is 5.97 Å². The smallest absolute Gasteiger partial charge is 0.145 e. The molecule has 4 heteroatoms. The number of hydrogen-bond acceptors (Lipinski definition) is 3. The summed E-state index contributed by atoms with van der Waals surface area (Å²) in [5.41, 5.74) is 0. The summed E-state index contributed by atoms with van der Waals surface area (Å²) < 4.78 is 0.591. The quantitative estimate of drug-likeness (QED) is 0.234. The SMILES string of the molecule is CCCCCC/C(O)=C/[N+](CCCCC)(CCCCC)CCC(=O)[O-]. The van der Waals surface area contributed by atoms with Crippen LogP contribution >= 0.6 is 0 Å². The van der Waals surface area contributed by atoms with E-state index in [1.807, 2.05) is 6.20 Å². The predicted molar refractivity (Wildman–Crippen MR) is 103 cm³/mol. The molecule has 0 atom stereocenters. The van der Waals surface area contributed by atoms with E-state index in [1.54, 1.807) is 0 Å². The Labute approximate surface area is 155 Å². The molecule has 0 spiro atoms. The molecule has 0 aromatic rings. The first-order valence-corrected chi connectivity index (χ1v) is 10.5. The van der Waals surface area contributed by atoms with Gasteiger partial charge in [0.25, 0.3) is 0 Å². The molecule has 0 aliphatic carbocycles. The van der Waals surface area contributed by atoms with Crippen LogP contribution in [0, 0.1) is 0 Å². The van der Waals surface area contributed by atoms with Gasteiger partial charge in [-0.2, -0.15) is 0 Å². The Kier molecular flexibility index (Phi) is 14.6. The van der Waals surface area contributed by atoms with Crippen molar-refractivity contribution >= 4 is 5.97 Å². The van der Waals surface area contributed by atoms with Crippen LogP contribution in [-0.2, 0) is 4.79 Å². The normalized spacial score (nSPS) is 12.5. The first-order chi connectivity index (χ1) is 12.0. The van der Waals surface area contributed by atoms with Crippen molar-refractivity contribution in [3.05, 3.63) is 12.0 Å². The number of unbranched alkanes of at least 4 members (excludes halogenated alkanes) is 7. The molecule has 148 valence electrons. The highest BCUT2D eigenvalue weighted by molar-refractivity contribution is 5.64. The summed E-state index contributed by atoms with van der Waals surface area (Å²) >= 11 is 0. The monoisotopic (exact) mass is 355 g/mol. The third kappa shape index (κ3) is 12.9. The Hall–Kier alpha value is -1.03. The molecule has 0 fully saturated rings. The lowest BCUT2D eigenvalue weighted by molar-refractivity contribution is -0.880. The van der Waals surface area contributed by atoms with Crippen molar-refractivity contribution in [3.63, 3.8) is 0 Å². The number of carboxylic acids is 1. The van der Waals surface area contributed by atoms with Crippen molar-refractivity contribution in [3.8, 4) is 0 Å². The Bertz CT molecular complexity index is 356. The second-order valence-electron chi connectivity index (χ2n) is 7.36. The number of nitrogens with zero attached hydrogens (tertiary/aromatic N) is 1. The number of aliphatic hydroxyl groups excluding tert-OH is 1. The van der Waals surface area contributed by atoms with Gasteiger partial charge in [-0.25, -0.2) is 0 Å². The van der Waals surface area contributed by atoms with E-state index in [2.05, 4.69) is 20.8 Å². The number of carbonyl (C=O) groups excluding carboxylic acids is 1. The van der Waals surface area contributed by atoms with Gasteiger partial charge in [0.1, 0.15) is 12.0 Å². The third-order valence-electron chi connectivity index (χ3n) is 4.88. The number of quaternary nitrogens is 1. The number of rotatable bonds is 17. The van der Waals surface area contributed by atoms with Crippen LogP contribution < -0.4 is 5.11 Å². The number of allylic oxidation sites excluding steroid dienone is 1. The van der Waals surface area contributed by atoms with Gasteiger partial charge in [0.05, 0.1) is 19.6 Å². The fourth-order valence-electron chi connectivity index (χ4n) is 3.31. The van der Waals surface area contributed by atoms with Crippen LogP contribution in [0.5, 0.6) is 0 Å². The maximum atomic E-state index is 11.0. The average Bonchev–Trinajstić information content (AvgIpc) is 2.57. The Morgan fingerprint density at radius 1 is 0.800 bits per heavy atom. The van der Waals surface area contributed by atoms with Crippen molar-refractivity contribution in [2.24, 2.45) is 0 Å². The van der Waals surface area contributed by atoms with Crippen LogP contribution in [0.1, 0.15) is 97.8 Å². The van der Waals surface area contributed by atoms with Crippen molar-refractivity contribution < 1.29 is 19.5 Å². The maximum Gasteiger partial charge on any atom is 0.145 e. The molecule has 1 N–H and O–H groups in total. The third-order valence-corrected chi connectivity index (χ3v) is 4.88. The maximum absolute atomic E-state index is 11.0. The van der Waals surface area contributed by atoms with Crippen LogP contribution in [0.4, 0.5) is 0 Å². The van der Waals surface area contributed by atoms with E-state index in [1.165, 1.54) is 12.8 Å². The highest BCUT2D eigenvalue weighted by atomic mass is 16.4. The van der Waals surface area contributed by atoms with Crippen LogP contribution in [0.2, 0.25) is 0 Å². The Morgan fingerprint density at radius 2 is 1.32 bits per heavy atom. The van der Waals surface area contributed by atoms with Gasteiger partial charge in [-0.3, -0.25) is 4.48 Å². The molecule has 0 radical (unpaired) electrons. The molecule has 0 unspecified atom stereocenters. The lowest BCUT2D eigenvalue weighted by Gasteiger charge is -2.36. The molecule has 25 heavy (non-hydrogen) atoms. The summed E-state index contributed by atoms with van der Waals surface area (Å²) in [5, 5.41) is 21.5. The number of aliphatic hydroxyl groups is 1. The molecule has 0 saturated heterocycles. The molecule has 0 amide bonds. The predicted octanol–water partition coefficient (Wildman–Crippen LogP) is 4.69. The minimum absolute atomic E-state index is 0.0534. The molecule has 0 saturated carbocycles. The molecule has 0 aromatic heterocycles. The Morgan fingerprint density at radius 3 is 1.80 bits per heavy atom. The van der Waals surface area contributed by atoms with Gasteiger partial charge < -0.3 is 15.0 Å². The van der Waals surface area contributed by atoms with Gasteiger partial charge in [0.15, 0.2) is 0 Å².